The van der Waals surface area contributed by atoms with Gasteiger partial charge in [0, 0.05) is 161 Å². The summed E-state index contributed by atoms with van der Waals surface area (Å²) in [5, 5.41) is 19.6. The number of phenols is 2. The molecule has 0 aliphatic heterocycles. The fourth-order valence-corrected chi connectivity index (χ4v) is 2.39. The number of aryl methyl sites for hydroxylation is 2. The van der Waals surface area contributed by atoms with E-state index in [1.165, 1.54) is 29.1 Å². The molecule has 17 heteroatoms. The molecule has 0 heterocycles. The van der Waals surface area contributed by atoms with Gasteiger partial charge in [-0.2, -0.15) is 102 Å². The van der Waals surface area contributed by atoms with Gasteiger partial charge in [-0.05, 0) is 0 Å². The molecule has 0 saturated carbocycles. The molecule has 0 aromatic heterocycles. The number of hydrogen-bond donors (Lipinski definition) is 2. The summed E-state index contributed by atoms with van der Waals surface area (Å²) in [5.41, 5.74) is 3.45. The van der Waals surface area contributed by atoms with Crippen molar-refractivity contribution in [3.8, 4) is 11.5 Å². The Morgan fingerprint density at radius 1 is 0.569 bits per heavy atom. The van der Waals surface area contributed by atoms with E-state index in [4.69, 9.17) is 10.2 Å². The largest absolute Gasteiger partial charge is 0 e. The Labute approximate surface area is 464 Å². The maximum Gasteiger partial charge on any atom is 0 e. The van der Waals surface area contributed by atoms with Crippen LogP contribution in [0, 0.1) is 38.1 Å². The molecular weight excluding hydrogens is 1400 g/mol. The third-order valence-electron chi connectivity index (χ3n) is 3.90. The zero-order chi connectivity index (χ0) is 32.9. The molecule has 2 unspecified atom stereocenters. The van der Waals surface area contributed by atoms with E-state index in [9.17, 15) is 9.59 Å². The summed E-state index contributed by atoms with van der Waals surface area (Å²) >= 11 is 7.39. The predicted octanol–water partition coefficient (Wildman–Crippen LogP) is 8.92. The molecule has 0 aliphatic rings. The van der Waals surface area contributed by atoms with Crippen molar-refractivity contribution >= 4 is 102 Å². The minimum Gasteiger partial charge on any atom is 0 e. The summed E-state index contributed by atoms with van der Waals surface area (Å²) in [6.45, 7) is 12.0. The second-order valence-electron chi connectivity index (χ2n) is 7.05. The number of benzene rings is 4. The van der Waals surface area contributed by atoms with Crippen LogP contribution in [-0.2, 0) is 154 Å². The van der Waals surface area contributed by atoms with E-state index in [0.717, 1.165) is 17.2 Å². The zero-order valence-corrected chi connectivity index (χ0v) is 51.2. The number of aldehydes is 2. The first kappa shape index (κ1) is 87.0. The van der Waals surface area contributed by atoms with E-state index in [0.29, 0.717) is 17.4 Å². The van der Waals surface area contributed by atoms with E-state index in [1.807, 2.05) is 59.7 Å². The van der Waals surface area contributed by atoms with Crippen molar-refractivity contribution in [2.75, 3.05) is 0 Å². The van der Waals surface area contributed by atoms with E-state index in [-0.39, 0.29) is 192 Å². The number of carbonyl (C=O) groups excluding carboxylic acids is 2. The maximum atomic E-state index is 10.1. The second-order valence-corrected chi connectivity index (χ2v) is 43.8. The number of hydrogen-bond acceptors (Lipinski definition) is 4. The van der Waals surface area contributed by atoms with Crippen LogP contribution in [0.1, 0.15) is 74.4 Å². The first-order valence-corrected chi connectivity index (χ1v) is 27.2. The van der Waals surface area contributed by atoms with Crippen LogP contribution in [0.3, 0.4) is 0 Å². The third-order valence-corrected chi connectivity index (χ3v) is 4.62. The topological polar surface area (TPSA) is 138 Å². The second kappa shape index (κ2) is 63.5. The first-order valence-electron chi connectivity index (χ1n) is 12.5. The Morgan fingerprint density at radius 2 is 0.824 bits per heavy atom. The van der Waals surface area contributed by atoms with Crippen molar-refractivity contribution in [2.24, 2.45) is 0 Å². The van der Waals surface area contributed by atoms with Crippen LogP contribution >= 0.6 is 78.4 Å². The molecule has 6 N–H and O–H groups in total. The molecule has 0 fully saturated rings. The van der Waals surface area contributed by atoms with Gasteiger partial charge in [-0.1, -0.05) is 67.5 Å². The van der Waals surface area contributed by atoms with Crippen molar-refractivity contribution in [2.45, 2.75) is 56.4 Å². The van der Waals surface area contributed by atoms with Crippen LogP contribution in [0.2, 0.25) is 0 Å². The van der Waals surface area contributed by atoms with Crippen molar-refractivity contribution in [3.05, 3.63) is 119 Å². The van der Waals surface area contributed by atoms with Gasteiger partial charge in [0.05, 0.1) is 12.6 Å². The Balaban J connectivity index is -0.0000000353. The molecule has 0 amide bonds. The molecule has 5 radical (unpaired) electrons. The molecular formula is C34H50I3O6P2V2Y4-4. The number of rotatable bonds is 2. The van der Waals surface area contributed by atoms with Crippen LogP contribution < -0.4 is 10.6 Å². The molecule has 0 aliphatic carbocycles. The predicted molar refractivity (Wildman–Crippen MR) is 229 cm³/mol. The number of carbonyl (C=O) groups is 2. The van der Waals surface area contributed by atoms with E-state index in [1.54, 1.807) is 30.3 Å². The first-order chi connectivity index (χ1) is 20.0. The number of halogens is 3. The molecule has 279 valence electrons. The van der Waals surface area contributed by atoms with Gasteiger partial charge in [-0.15, -0.1) is 34.9 Å². The fraction of sp³-hybridized carbons (Fsp3) is 0.235. The van der Waals surface area contributed by atoms with Crippen LogP contribution in [0.4, 0.5) is 0 Å². The standard InChI is InChI=1S/C8H7O.C7H5O2.C7H8P.C6H6OP.2C2H6.2CH4.3HI.2H2O.2V.4Y/c1-7-2-4-8(6-9)5-3-7;8-5-6-1-3-7(9)4-2-6;1-6-2-4-7(8)5-3-6;7-5-1-3-6(8)4-2-5;2*1-2;;;;;;;;;;;;;/h2,4-6H,1H3;1-3,5,9H;2,4-5H,8H2,1H3;1,3-4,7H,8H2;2*1-2H3;2*1H4;3*1H;2*1H2;;;;;;/q4*-1;;;;;;;;;;;+3;;;;/p-3. The minimum absolute atomic E-state index is 0. The van der Waals surface area contributed by atoms with Gasteiger partial charge in [0.2, 0.25) is 0 Å². The Kier molecular flexibility index (Phi) is 108. The molecule has 51 heavy (non-hydrogen) atoms. The van der Waals surface area contributed by atoms with E-state index < -0.39 is 0 Å². The van der Waals surface area contributed by atoms with Crippen molar-refractivity contribution in [1.82, 2.24) is 0 Å². The summed E-state index contributed by atoms with van der Waals surface area (Å²) in [6.07, 6.45) is 1.52. The number of phenolic OH excluding ortho intramolecular Hbond substituents is 2. The van der Waals surface area contributed by atoms with Crippen molar-refractivity contribution in [3.63, 3.8) is 0 Å². The van der Waals surface area contributed by atoms with Crippen LogP contribution in [0.5, 0.6) is 11.5 Å². The summed E-state index contributed by atoms with van der Waals surface area (Å²) in [5.74, 6) is 0.247. The average Bonchev–Trinajstić information content (AvgIpc) is 3.00. The number of aromatic hydroxyl groups is 2. The normalized spacial score (nSPS) is 6.98. The molecule has 0 bridgehead atoms. The van der Waals surface area contributed by atoms with Crippen LogP contribution in [0.25, 0.3) is 0 Å². The molecule has 4 aromatic carbocycles. The van der Waals surface area contributed by atoms with E-state index in [2.05, 4.69) is 109 Å². The average molecular weight is 1450 g/mol. The van der Waals surface area contributed by atoms with E-state index >= 15 is 0 Å². The Hall–Kier alpha value is 4.37. The maximum absolute atomic E-state index is 10.1. The zero-order valence-electron chi connectivity index (χ0n) is 28.3. The summed E-state index contributed by atoms with van der Waals surface area (Å²) in [4.78, 5) is 19.8. The molecule has 4 rings (SSSR count). The third kappa shape index (κ3) is 63.7. The van der Waals surface area contributed by atoms with Gasteiger partial charge in [0.15, 0.2) is 0 Å². The van der Waals surface area contributed by atoms with Gasteiger partial charge in [0.1, 0.15) is 0 Å². The van der Waals surface area contributed by atoms with Gasteiger partial charge in [-0.25, -0.2) is 0 Å². The summed E-state index contributed by atoms with van der Waals surface area (Å²) in [7, 11) is 5.13. The summed E-state index contributed by atoms with van der Waals surface area (Å²) < 4.78 is 0. The van der Waals surface area contributed by atoms with Gasteiger partial charge in [-0.3, -0.25) is 0 Å². The van der Waals surface area contributed by atoms with Gasteiger partial charge in [0.25, 0.3) is 0 Å². The van der Waals surface area contributed by atoms with Gasteiger partial charge < -0.3 is 30.8 Å². The molecule has 2 atom stereocenters. The Morgan fingerprint density at radius 3 is 1.02 bits per heavy atom. The Bertz CT molecular complexity index is 1070. The SMILES string of the molecule is C.C.CC.CC.Cc1[c-]cc(C=O)cc1.Cc1[c-]cc(P)cc1.O.O.O=Cc1c[c-]c(O)cc1.Oc1[c-]cc(P)cc1.[I][V]([I])[I].[V].[Y].[Y].[Y].[Y]. The molecule has 6 nitrogen and oxygen atoms in total. The molecule has 4 aromatic rings. The smallest absolute Gasteiger partial charge is 0 e. The van der Waals surface area contributed by atoms with Crippen molar-refractivity contribution < 1.29 is 185 Å². The van der Waals surface area contributed by atoms with Crippen molar-refractivity contribution in [1.29, 1.82) is 0 Å². The summed E-state index contributed by atoms with van der Waals surface area (Å²) in [6, 6.07) is 32.0. The van der Waals surface area contributed by atoms with Crippen LogP contribution in [0.15, 0.2) is 72.8 Å². The minimum atomic E-state index is -0.278. The quantitative estimate of drug-likeness (QED) is 0.0897. The molecule has 0 spiro atoms. The monoisotopic (exact) mass is 1450 g/mol. The van der Waals surface area contributed by atoms with Gasteiger partial charge >= 0.3 is 64.9 Å². The molecule has 0 saturated heterocycles. The van der Waals surface area contributed by atoms with Crippen LogP contribution in [-0.4, -0.2) is 33.7 Å². The fourth-order valence-electron chi connectivity index (χ4n) is 2.03.